The number of nitrogens with one attached hydrogen (secondary N) is 2. The Morgan fingerprint density at radius 1 is 0.674 bits per heavy atom. The number of carbonyl (C=O) groups excluding carboxylic acids is 3. The van der Waals surface area contributed by atoms with Crippen LogP contribution in [-0.2, 0) is 11.2 Å². The Morgan fingerprint density at radius 3 is 2.21 bits per heavy atom. The lowest BCUT2D eigenvalue weighted by Gasteiger charge is -2.12. The second-order valence-electron chi connectivity index (χ2n) is 10.2. The maximum Gasteiger partial charge on any atom is 0.272 e. The molecule has 0 bridgehead atoms. The first-order chi connectivity index (χ1) is 21.0. The quantitative estimate of drug-likeness (QED) is 0.105. The molecule has 0 heterocycles. The summed E-state index contributed by atoms with van der Waals surface area (Å²) in [6.07, 6.45) is 2.48. The Kier molecular flexibility index (Phi) is 8.29. The highest BCUT2D eigenvalue weighted by molar-refractivity contribution is 8.00. The van der Waals surface area contributed by atoms with Crippen LogP contribution in [0.2, 0.25) is 0 Å². The van der Waals surface area contributed by atoms with Crippen molar-refractivity contribution in [2.45, 2.75) is 11.3 Å². The topological polar surface area (TPSA) is 75.3 Å². The number of benzene rings is 5. The molecular weight excluding hydrogens is 552 g/mol. The van der Waals surface area contributed by atoms with Gasteiger partial charge in [0, 0.05) is 21.7 Å². The van der Waals surface area contributed by atoms with Gasteiger partial charge >= 0.3 is 0 Å². The fourth-order valence-corrected chi connectivity index (χ4v) is 5.92. The third-order valence-corrected chi connectivity index (χ3v) is 8.21. The summed E-state index contributed by atoms with van der Waals surface area (Å²) < 4.78 is 0. The van der Waals surface area contributed by atoms with Crippen molar-refractivity contribution in [1.29, 1.82) is 0 Å². The molecule has 1 aliphatic carbocycles. The molecular formula is C37H28N2O3S. The van der Waals surface area contributed by atoms with E-state index in [0.717, 1.165) is 16.9 Å². The molecule has 2 amide bonds. The molecule has 1 aliphatic rings. The van der Waals surface area contributed by atoms with Gasteiger partial charge in [0.15, 0.2) is 5.78 Å². The van der Waals surface area contributed by atoms with Crippen LogP contribution in [0, 0.1) is 0 Å². The number of anilines is 1. The number of carbonyl (C=O) groups is 3. The van der Waals surface area contributed by atoms with Gasteiger partial charge in [-0.25, -0.2) is 0 Å². The van der Waals surface area contributed by atoms with Crippen LogP contribution in [0.1, 0.15) is 37.4 Å². The second kappa shape index (κ2) is 12.8. The maximum atomic E-state index is 13.4. The summed E-state index contributed by atoms with van der Waals surface area (Å²) in [4.78, 5) is 40.2. The van der Waals surface area contributed by atoms with Crippen molar-refractivity contribution in [2.75, 3.05) is 11.1 Å². The van der Waals surface area contributed by atoms with E-state index in [4.69, 9.17) is 0 Å². The summed E-state index contributed by atoms with van der Waals surface area (Å²) in [6, 6.07) is 39.7. The number of hydrogen-bond donors (Lipinski definition) is 2. The van der Waals surface area contributed by atoms with Gasteiger partial charge in [-0.15, -0.1) is 11.8 Å². The average molecular weight is 581 g/mol. The van der Waals surface area contributed by atoms with E-state index >= 15 is 0 Å². The highest BCUT2D eigenvalue weighted by atomic mass is 32.2. The number of rotatable bonds is 9. The number of Topliss-reactive ketones (excluding diaryl/α,β-unsaturated/α-hetero) is 1. The molecule has 5 aromatic rings. The van der Waals surface area contributed by atoms with E-state index in [1.807, 2.05) is 84.9 Å². The Morgan fingerprint density at radius 2 is 1.40 bits per heavy atom. The second-order valence-corrected chi connectivity index (χ2v) is 11.2. The first-order valence-corrected chi connectivity index (χ1v) is 14.9. The summed E-state index contributed by atoms with van der Waals surface area (Å²) in [7, 11) is 0. The van der Waals surface area contributed by atoms with E-state index in [9.17, 15) is 14.4 Å². The molecule has 0 saturated carbocycles. The number of amides is 2. The zero-order valence-corrected chi connectivity index (χ0v) is 24.1. The minimum Gasteiger partial charge on any atom is -0.321 e. The van der Waals surface area contributed by atoms with Gasteiger partial charge in [0.2, 0.25) is 0 Å². The minimum absolute atomic E-state index is 0.0508. The number of thioether (sulfide) groups is 1. The van der Waals surface area contributed by atoms with Gasteiger partial charge in [0.1, 0.15) is 5.70 Å². The zero-order valence-electron chi connectivity index (χ0n) is 23.2. The first kappa shape index (κ1) is 27.9. The molecule has 6 heteroatoms. The summed E-state index contributed by atoms with van der Waals surface area (Å²) in [5, 5.41) is 5.65. The van der Waals surface area contributed by atoms with Gasteiger partial charge in [-0.1, -0.05) is 91.0 Å². The molecule has 0 unspecified atom stereocenters. The fourth-order valence-electron chi connectivity index (χ4n) is 5.07. The van der Waals surface area contributed by atoms with Crippen LogP contribution in [0.15, 0.2) is 138 Å². The largest absolute Gasteiger partial charge is 0.321 e. The van der Waals surface area contributed by atoms with Gasteiger partial charge in [-0.2, -0.15) is 0 Å². The molecule has 2 N–H and O–H groups in total. The molecule has 5 nitrogen and oxygen atoms in total. The molecule has 0 spiro atoms. The Bertz CT molecular complexity index is 1850. The van der Waals surface area contributed by atoms with E-state index in [-0.39, 0.29) is 23.1 Å². The van der Waals surface area contributed by atoms with E-state index in [1.54, 1.807) is 36.4 Å². The van der Waals surface area contributed by atoms with E-state index in [0.29, 0.717) is 16.8 Å². The SMILES string of the molecule is O=C(Nc1cccc(SCC(=O)c2ccc3c(c2)Cc2ccccc2-3)c1)/C(=C/c1ccccc1)NC(=O)c1ccccc1. The van der Waals surface area contributed by atoms with Crippen LogP contribution in [-0.4, -0.2) is 23.4 Å². The molecule has 0 fully saturated rings. The molecule has 0 aliphatic heterocycles. The van der Waals surface area contributed by atoms with E-state index < -0.39 is 5.91 Å². The van der Waals surface area contributed by atoms with Crippen LogP contribution in [0.5, 0.6) is 0 Å². The highest BCUT2D eigenvalue weighted by Gasteiger charge is 2.20. The lowest BCUT2D eigenvalue weighted by atomic mass is 10.0. The van der Waals surface area contributed by atoms with Gasteiger partial charge in [0.25, 0.3) is 11.8 Å². The normalized spacial score (nSPS) is 11.8. The molecule has 0 aromatic heterocycles. The monoisotopic (exact) mass is 580 g/mol. The first-order valence-electron chi connectivity index (χ1n) is 14.0. The van der Waals surface area contributed by atoms with Crippen molar-refractivity contribution < 1.29 is 14.4 Å². The van der Waals surface area contributed by atoms with E-state index in [1.165, 1.54) is 34.0 Å². The predicted molar refractivity (Wildman–Crippen MR) is 173 cm³/mol. The van der Waals surface area contributed by atoms with Gasteiger partial charge in [-0.3, -0.25) is 14.4 Å². The lowest BCUT2D eigenvalue weighted by Crippen LogP contribution is -2.30. The van der Waals surface area contributed by atoms with E-state index in [2.05, 4.69) is 22.8 Å². The molecule has 6 rings (SSSR count). The van der Waals surface area contributed by atoms with Crippen LogP contribution < -0.4 is 10.6 Å². The molecule has 0 saturated heterocycles. The van der Waals surface area contributed by atoms with Crippen LogP contribution >= 0.6 is 11.8 Å². The minimum atomic E-state index is -0.453. The van der Waals surface area contributed by atoms with Crippen molar-refractivity contribution in [2.24, 2.45) is 0 Å². The Hall–Kier alpha value is -5.20. The third kappa shape index (κ3) is 6.66. The van der Waals surface area contributed by atoms with Gasteiger partial charge in [0.05, 0.1) is 5.75 Å². The summed E-state index contributed by atoms with van der Waals surface area (Å²) >= 11 is 1.42. The van der Waals surface area contributed by atoms with Crippen molar-refractivity contribution >= 4 is 41.1 Å². The van der Waals surface area contributed by atoms with Crippen molar-refractivity contribution in [1.82, 2.24) is 5.32 Å². The van der Waals surface area contributed by atoms with Crippen LogP contribution in [0.25, 0.3) is 17.2 Å². The molecule has 210 valence electrons. The van der Waals surface area contributed by atoms with Gasteiger partial charge < -0.3 is 10.6 Å². The Labute approximate surface area is 254 Å². The third-order valence-electron chi connectivity index (χ3n) is 7.22. The van der Waals surface area contributed by atoms with Gasteiger partial charge in [-0.05, 0) is 76.7 Å². The number of fused-ring (bicyclic) bond motifs is 3. The molecule has 5 aromatic carbocycles. The number of ketones is 1. The Balaban J connectivity index is 1.13. The molecule has 43 heavy (non-hydrogen) atoms. The summed E-state index contributed by atoms with van der Waals surface area (Å²) in [5.41, 5.74) is 7.52. The smallest absolute Gasteiger partial charge is 0.272 e. The average Bonchev–Trinajstić information content (AvgIpc) is 3.42. The molecule has 0 atom stereocenters. The fraction of sp³-hybridized carbons (Fsp3) is 0.0541. The summed E-state index contributed by atoms with van der Waals surface area (Å²) in [6.45, 7) is 0. The van der Waals surface area contributed by atoms with Crippen molar-refractivity contribution in [3.8, 4) is 11.1 Å². The number of hydrogen-bond acceptors (Lipinski definition) is 4. The summed E-state index contributed by atoms with van der Waals surface area (Å²) in [5.74, 6) is -0.508. The zero-order chi connectivity index (χ0) is 29.6. The van der Waals surface area contributed by atoms with Crippen molar-refractivity contribution in [3.05, 3.63) is 161 Å². The standard InChI is InChI=1S/C37H28N2O3S/c40-35(28-18-19-33-29(22-28)21-27-14-7-8-17-32(27)33)24-43-31-16-9-15-30(23-31)38-37(42)34(20-25-10-3-1-4-11-25)39-36(41)26-12-5-2-6-13-26/h1-20,22-23H,21,24H2,(H,38,42)(H,39,41)/b34-20-. The van der Waals surface area contributed by atoms with Crippen molar-refractivity contribution in [3.63, 3.8) is 0 Å². The molecule has 0 radical (unpaired) electrons. The highest BCUT2D eigenvalue weighted by Crippen LogP contribution is 2.37. The van der Waals surface area contributed by atoms with Crippen LogP contribution in [0.4, 0.5) is 5.69 Å². The predicted octanol–water partition coefficient (Wildman–Crippen LogP) is 7.64. The van der Waals surface area contributed by atoms with Crippen LogP contribution in [0.3, 0.4) is 0 Å². The maximum absolute atomic E-state index is 13.4. The lowest BCUT2D eigenvalue weighted by molar-refractivity contribution is -0.113.